The molecule has 1 aromatic carbocycles. The van der Waals surface area contributed by atoms with E-state index in [9.17, 15) is 10.2 Å². The number of hydrogen-bond acceptors (Lipinski definition) is 3. The monoisotopic (exact) mass is 446 g/mol. The third-order valence-electron chi connectivity index (χ3n) is 10.0. The fourth-order valence-corrected chi connectivity index (χ4v) is 8.27. The van der Waals surface area contributed by atoms with Gasteiger partial charge in [-0.1, -0.05) is 32.1 Å². The molecule has 4 aliphatic rings. The number of aliphatic hydroxyl groups is 2. The Morgan fingerprint density at radius 3 is 2.64 bits per heavy atom. The van der Waals surface area contributed by atoms with Crippen LogP contribution in [0.25, 0.3) is 16.7 Å². The van der Waals surface area contributed by atoms with Crippen LogP contribution in [0.1, 0.15) is 58.8 Å². The average molecular weight is 446 g/mol. The second kappa shape index (κ2) is 8.50. The van der Waals surface area contributed by atoms with E-state index in [0.717, 1.165) is 43.1 Å². The summed E-state index contributed by atoms with van der Waals surface area (Å²) in [5, 5.41) is 21.9. The molecule has 5 unspecified atom stereocenters. The van der Waals surface area contributed by atoms with E-state index in [4.69, 9.17) is 0 Å². The van der Waals surface area contributed by atoms with Gasteiger partial charge in [-0.15, -0.1) is 0 Å². The van der Waals surface area contributed by atoms with Gasteiger partial charge in [0.2, 0.25) is 0 Å². The third-order valence-corrected chi connectivity index (χ3v) is 10.0. The average Bonchev–Trinajstić information content (AvgIpc) is 3.37. The summed E-state index contributed by atoms with van der Waals surface area (Å²) in [5.41, 5.74) is 3.45. The van der Waals surface area contributed by atoms with E-state index < -0.39 is 0 Å². The molecule has 8 atom stereocenters. The molecule has 176 valence electrons. The summed E-state index contributed by atoms with van der Waals surface area (Å²) < 4.78 is 2.24. The van der Waals surface area contributed by atoms with Crippen LogP contribution >= 0.6 is 0 Å². The van der Waals surface area contributed by atoms with Crippen molar-refractivity contribution in [1.29, 1.82) is 0 Å². The van der Waals surface area contributed by atoms with Gasteiger partial charge in [0.25, 0.3) is 0 Å². The van der Waals surface area contributed by atoms with E-state index in [1.165, 1.54) is 18.5 Å². The summed E-state index contributed by atoms with van der Waals surface area (Å²) in [5.74, 6) is 2.35. The maximum Gasteiger partial charge on any atom is 0.100 e. The Morgan fingerprint density at radius 2 is 1.85 bits per heavy atom. The smallest absolute Gasteiger partial charge is 0.100 e. The van der Waals surface area contributed by atoms with E-state index in [-0.39, 0.29) is 23.0 Å². The molecule has 4 aliphatic carbocycles. The Bertz CT molecular complexity index is 1060. The van der Waals surface area contributed by atoms with Crippen molar-refractivity contribution in [2.45, 2.75) is 77.8 Å². The topological polar surface area (TPSA) is 58.3 Å². The van der Waals surface area contributed by atoms with Crippen molar-refractivity contribution in [3.8, 4) is 0 Å². The van der Waals surface area contributed by atoms with Gasteiger partial charge >= 0.3 is 20.2 Å². The van der Waals surface area contributed by atoms with Crippen LogP contribution < -0.4 is 0 Å². The van der Waals surface area contributed by atoms with Crippen molar-refractivity contribution in [2.24, 2.45) is 34.5 Å². The molecular weight excluding hydrogens is 407 g/mol. The van der Waals surface area contributed by atoms with Gasteiger partial charge in [0, 0.05) is 11.1 Å². The molecule has 2 aromatic rings. The second-order valence-corrected chi connectivity index (χ2v) is 11.5. The van der Waals surface area contributed by atoms with Crippen LogP contribution in [0, 0.1) is 34.5 Å². The summed E-state index contributed by atoms with van der Waals surface area (Å²) in [7, 11) is 0. The Labute approximate surface area is 199 Å². The van der Waals surface area contributed by atoms with Gasteiger partial charge in [-0.2, -0.15) is 0 Å². The molecule has 1 aromatic heterocycles. The summed E-state index contributed by atoms with van der Waals surface area (Å²) in [4.78, 5) is 4.63. The number of fused-ring (bicyclic) bond motifs is 6. The standard InChI is InChI=1S/C26H34N2O2.C2H5B/c1-25-12-11-17(29)13-16(25)7-8-18-19-9-10-23(26(19,2)24(30)14-20(18)25)28-15-27-21-5-3-4-6-22(21)28;1-3-2/h3-6,10,15-20,24,29-30H,7-9,11-14H2,1-2H3;1H2,2H3/t16-,17+,18?,19?,20?,24?,25+,26?;/m1./s1. The molecule has 2 N–H and O–H groups in total. The molecule has 6 rings (SSSR count). The van der Waals surface area contributed by atoms with Crippen LogP contribution in [0.4, 0.5) is 0 Å². The van der Waals surface area contributed by atoms with Crippen molar-refractivity contribution in [1.82, 2.24) is 9.55 Å². The Kier molecular flexibility index (Phi) is 5.93. The van der Waals surface area contributed by atoms with Crippen LogP contribution in [0.3, 0.4) is 0 Å². The summed E-state index contributed by atoms with van der Waals surface area (Å²) >= 11 is 0. The van der Waals surface area contributed by atoms with E-state index in [1.54, 1.807) is 6.92 Å². The maximum atomic E-state index is 11.7. The van der Waals surface area contributed by atoms with Crippen molar-refractivity contribution >= 4 is 30.1 Å². The van der Waals surface area contributed by atoms with Crippen molar-refractivity contribution in [2.75, 3.05) is 0 Å². The molecule has 4 nitrogen and oxygen atoms in total. The number of benzene rings is 1. The van der Waals surface area contributed by atoms with Gasteiger partial charge in [0.1, 0.15) is 6.33 Å². The van der Waals surface area contributed by atoms with Gasteiger partial charge in [-0.25, -0.2) is 4.98 Å². The van der Waals surface area contributed by atoms with E-state index >= 15 is 0 Å². The number of aliphatic hydroxyl groups excluding tert-OH is 2. The van der Waals surface area contributed by atoms with Crippen molar-refractivity contribution < 1.29 is 10.2 Å². The first-order chi connectivity index (χ1) is 15.8. The molecule has 0 aliphatic heterocycles. The number of nitrogens with zero attached hydrogens (tertiary/aromatic N) is 2. The zero-order valence-electron chi connectivity index (χ0n) is 20.5. The van der Waals surface area contributed by atoms with Gasteiger partial charge in [0.05, 0.1) is 23.2 Å². The zero-order valence-corrected chi connectivity index (χ0v) is 20.5. The third kappa shape index (κ3) is 3.41. The van der Waals surface area contributed by atoms with Crippen molar-refractivity contribution in [3.05, 3.63) is 36.7 Å². The van der Waals surface area contributed by atoms with Crippen LogP contribution in [-0.2, 0) is 0 Å². The molecule has 0 saturated heterocycles. The first-order valence-corrected chi connectivity index (χ1v) is 12.9. The van der Waals surface area contributed by atoms with Gasteiger partial charge in [-0.05, 0) is 86.2 Å². The first kappa shape index (κ1) is 23.0. The molecule has 1 heterocycles. The second-order valence-electron chi connectivity index (χ2n) is 11.5. The van der Waals surface area contributed by atoms with Crippen LogP contribution in [0.5, 0.6) is 0 Å². The fourth-order valence-electron chi connectivity index (χ4n) is 8.27. The number of rotatable bonds is 1. The number of para-hydroxylation sites is 2. The summed E-state index contributed by atoms with van der Waals surface area (Å²) in [6.45, 7) is 11.8. The minimum absolute atomic E-state index is 0.118. The maximum absolute atomic E-state index is 11.7. The quantitative estimate of drug-likeness (QED) is 0.604. The largest absolute Gasteiger partial charge is 0.393 e. The van der Waals surface area contributed by atoms with Gasteiger partial charge < -0.3 is 14.8 Å². The number of aromatic nitrogens is 2. The van der Waals surface area contributed by atoms with E-state index in [2.05, 4.69) is 54.1 Å². The Balaban J connectivity index is 0.000000724. The number of allylic oxidation sites excluding steroid dienone is 1. The predicted octanol–water partition coefficient (Wildman–Crippen LogP) is 5.03. The molecular formula is C28H39BN2O2. The van der Waals surface area contributed by atoms with E-state index in [1.807, 2.05) is 19.2 Å². The molecule has 0 spiro atoms. The SMILES string of the molecule is C=BC.CC12C(n3cnc4ccccc43)=CCC1C1CC[C@@H]3C[C@@H](O)CC[C@]3(C)C1CC2O. The molecule has 33 heavy (non-hydrogen) atoms. The van der Waals surface area contributed by atoms with Crippen LogP contribution in [-0.4, -0.2) is 45.4 Å². The molecule has 0 amide bonds. The van der Waals surface area contributed by atoms with Crippen LogP contribution in [0.2, 0.25) is 6.82 Å². The van der Waals surface area contributed by atoms with Gasteiger partial charge in [0.15, 0.2) is 0 Å². The molecule has 3 fully saturated rings. The van der Waals surface area contributed by atoms with Gasteiger partial charge in [-0.3, -0.25) is 0 Å². The summed E-state index contributed by atoms with van der Waals surface area (Å²) in [6, 6.07) is 8.31. The Morgan fingerprint density at radius 1 is 1.09 bits per heavy atom. The number of hydrogen-bond donors (Lipinski definition) is 2. The predicted molar refractivity (Wildman–Crippen MR) is 137 cm³/mol. The van der Waals surface area contributed by atoms with E-state index in [0.29, 0.717) is 23.7 Å². The summed E-state index contributed by atoms with van der Waals surface area (Å²) in [6.07, 6.45) is 11.3. The minimum Gasteiger partial charge on any atom is -0.393 e. The zero-order chi connectivity index (χ0) is 23.4. The number of imidazole rings is 1. The van der Waals surface area contributed by atoms with Crippen LogP contribution in [0.15, 0.2) is 36.7 Å². The minimum atomic E-state index is -0.332. The molecule has 0 radical (unpaired) electrons. The van der Waals surface area contributed by atoms with Crippen molar-refractivity contribution in [3.63, 3.8) is 0 Å². The Hall–Kier alpha value is -1.72. The fraction of sp³-hybridized carbons (Fsp3) is 0.643. The normalized spacial score (nSPS) is 41.7. The molecule has 5 heteroatoms. The first-order valence-electron chi connectivity index (χ1n) is 12.9. The molecule has 0 bridgehead atoms. The molecule has 3 saturated carbocycles.